The molecule has 1 aromatic rings. The van der Waals surface area contributed by atoms with Crippen molar-refractivity contribution in [3.05, 3.63) is 63.3 Å². The Labute approximate surface area is 154 Å². The van der Waals surface area contributed by atoms with E-state index in [4.69, 9.17) is 11.1 Å². The lowest BCUT2D eigenvalue weighted by Gasteiger charge is -2.26. The first kappa shape index (κ1) is 16.8. The Kier molecular flexibility index (Phi) is 4.81. The number of hydrogen-bond acceptors (Lipinski definition) is 5. The van der Waals surface area contributed by atoms with Crippen LogP contribution in [-0.2, 0) is 4.79 Å². The first-order valence-electron chi connectivity index (χ1n) is 7.37. The molecule has 0 spiro atoms. The number of carbonyl (C=O) groups excluding carboxylic acids is 1. The summed E-state index contributed by atoms with van der Waals surface area (Å²) < 4.78 is 0.552. The molecule has 2 aliphatic rings. The summed E-state index contributed by atoms with van der Waals surface area (Å²) >= 11 is 7.53. The van der Waals surface area contributed by atoms with Gasteiger partial charge in [-0.1, -0.05) is 0 Å². The van der Waals surface area contributed by atoms with Crippen LogP contribution in [0, 0.1) is 11.3 Å². The van der Waals surface area contributed by atoms with Crippen LogP contribution in [-0.4, -0.2) is 17.0 Å². The highest BCUT2D eigenvalue weighted by Gasteiger charge is 2.35. The monoisotopic (exact) mass is 402 g/mol. The van der Waals surface area contributed by atoms with Crippen LogP contribution in [0.2, 0.25) is 0 Å². The minimum Gasteiger partial charge on any atom is -0.305 e. The van der Waals surface area contributed by atoms with Gasteiger partial charge in [0, 0.05) is 23.5 Å². The minimum atomic E-state index is -0.0915. The summed E-state index contributed by atoms with van der Waals surface area (Å²) in [6.07, 6.45) is 6.98. The third kappa shape index (κ3) is 3.41. The molecule has 1 aliphatic heterocycles. The minimum absolute atomic E-state index is 0.0915. The maximum Gasteiger partial charge on any atom is 0.258 e. The van der Waals surface area contributed by atoms with Gasteiger partial charge in [-0.05, 0) is 65.2 Å². The van der Waals surface area contributed by atoms with Crippen LogP contribution >= 0.6 is 28.6 Å². The molecule has 5 nitrogen and oxygen atoms in total. The lowest BCUT2D eigenvalue weighted by Crippen LogP contribution is -2.35. The van der Waals surface area contributed by atoms with Crippen molar-refractivity contribution < 1.29 is 4.79 Å². The van der Waals surface area contributed by atoms with Gasteiger partial charge in [0.1, 0.15) is 0 Å². The molecule has 1 aromatic carbocycles. The molecule has 0 atom stereocenters. The summed E-state index contributed by atoms with van der Waals surface area (Å²) in [5, 5.41) is 10.3. The zero-order chi connectivity index (χ0) is 17.3. The molecule has 0 radical (unpaired) electrons. The highest BCUT2D eigenvalue weighted by Crippen LogP contribution is 2.34. The molecule has 7 heteroatoms. The van der Waals surface area contributed by atoms with Crippen molar-refractivity contribution in [2.75, 3.05) is 4.90 Å². The number of benzene rings is 1. The maximum atomic E-state index is 13.0. The summed E-state index contributed by atoms with van der Waals surface area (Å²) in [6.45, 7) is 0. The van der Waals surface area contributed by atoms with Crippen LogP contribution < -0.4 is 10.7 Å². The molecule has 1 heterocycles. The van der Waals surface area contributed by atoms with Crippen LogP contribution in [0.1, 0.15) is 18.4 Å². The van der Waals surface area contributed by atoms with Crippen LogP contribution in [0.25, 0.3) is 0 Å². The number of amides is 1. The van der Waals surface area contributed by atoms with Gasteiger partial charge in [0.2, 0.25) is 0 Å². The fraction of sp³-hybridized carbons (Fsp3) is 0.176. The number of rotatable bonds is 3. The zero-order valence-corrected chi connectivity index (χ0v) is 15.2. The van der Waals surface area contributed by atoms with Crippen molar-refractivity contribution in [1.82, 2.24) is 5.01 Å². The van der Waals surface area contributed by atoms with Crippen molar-refractivity contribution in [3.8, 4) is 6.07 Å². The second kappa shape index (κ2) is 6.85. The van der Waals surface area contributed by atoms with Crippen LogP contribution in [0.5, 0.6) is 0 Å². The number of hydrogen-bond donors (Lipinski definition) is 2. The van der Waals surface area contributed by atoms with Gasteiger partial charge in [-0.3, -0.25) is 9.80 Å². The molecule has 122 valence electrons. The van der Waals surface area contributed by atoms with E-state index in [-0.39, 0.29) is 11.9 Å². The molecule has 1 saturated carbocycles. The largest absolute Gasteiger partial charge is 0.305 e. The van der Waals surface area contributed by atoms with Crippen molar-refractivity contribution in [2.24, 2.45) is 5.84 Å². The number of nitrogens with two attached hydrogens (primary N) is 1. The molecular weight excluding hydrogens is 388 g/mol. The first-order chi connectivity index (χ1) is 11.5. The average molecular weight is 403 g/mol. The Bertz CT molecular complexity index is 799. The van der Waals surface area contributed by atoms with Crippen LogP contribution in [0.3, 0.4) is 0 Å². The normalized spacial score (nSPS) is 18.8. The Hall–Kier alpha value is -2.01. The third-order valence-electron chi connectivity index (χ3n) is 3.85. The van der Waals surface area contributed by atoms with Gasteiger partial charge in [0.25, 0.3) is 5.91 Å². The molecule has 3 rings (SSSR count). The van der Waals surface area contributed by atoms with Gasteiger partial charge in [-0.25, -0.2) is 5.84 Å². The van der Waals surface area contributed by atoms with E-state index >= 15 is 0 Å². The van der Waals surface area contributed by atoms with Crippen molar-refractivity contribution in [2.45, 2.75) is 18.9 Å². The van der Waals surface area contributed by atoms with Gasteiger partial charge < -0.3 is 4.90 Å². The quantitative estimate of drug-likeness (QED) is 0.601. The number of halogens is 1. The fourth-order valence-corrected chi connectivity index (χ4v) is 2.97. The number of nitriles is 1. The standard InChI is InChI=1S/C17H15BrN4OS/c18-16(24)15-9-12(7-8-21(15)20)17(23)22(14-5-6-14)13-3-1-11(10-19)2-4-13/h1-4,7-9,14,24H,5-6,20H2/b16-15-. The summed E-state index contributed by atoms with van der Waals surface area (Å²) in [5.41, 5.74) is 2.51. The van der Waals surface area contributed by atoms with Crippen LogP contribution in [0.15, 0.2) is 57.7 Å². The molecule has 2 N–H and O–H groups in total. The molecular formula is C17H15BrN4OS. The van der Waals surface area contributed by atoms with E-state index in [0.717, 1.165) is 18.5 Å². The SMILES string of the molecule is N#Cc1ccc(N(C(=O)C2=C/C(=C(/S)Br)N(N)C=C2)C2CC2)cc1. The first-order valence-corrected chi connectivity index (χ1v) is 8.61. The van der Waals surface area contributed by atoms with E-state index in [1.807, 2.05) is 12.1 Å². The van der Waals surface area contributed by atoms with E-state index in [9.17, 15) is 4.79 Å². The zero-order valence-electron chi connectivity index (χ0n) is 12.7. The molecule has 0 bridgehead atoms. The highest BCUT2D eigenvalue weighted by atomic mass is 79.9. The number of allylic oxidation sites excluding steroid dienone is 1. The number of nitrogens with zero attached hydrogens (tertiary/aromatic N) is 3. The molecule has 1 fully saturated rings. The average Bonchev–Trinajstić information content (AvgIpc) is 3.40. The Morgan fingerprint density at radius 1 is 1.38 bits per heavy atom. The van der Waals surface area contributed by atoms with Gasteiger partial charge in [-0.2, -0.15) is 5.26 Å². The number of carbonyl (C=O) groups is 1. The molecule has 0 unspecified atom stereocenters. The van der Waals surface area contributed by atoms with Crippen molar-refractivity contribution in [3.63, 3.8) is 0 Å². The fourth-order valence-electron chi connectivity index (χ4n) is 2.47. The van der Waals surface area contributed by atoms with E-state index in [1.54, 1.807) is 35.4 Å². The Morgan fingerprint density at radius 2 is 2.04 bits per heavy atom. The highest BCUT2D eigenvalue weighted by molar-refractivity contribution is 9.13. The third-order valence-corrected chi connectivity index (χ3v) is 4.48. The van der Waals surface area contributed by atoms with Gasteiger partial charge in [0.15, 0.2) is 0 Å². The van der Waals surface area contributed by atoms with E-state index < -0.39 is 0 Å². The smallest absolute Gasteiger partial charge is 0.258 e. The summed E-state index contributed by atoms with van der Waals surface area (Å²) in [7, 11) is 0. The predicted molar refractivity (Wildman–Crippen MR) is 99.9 cm³/mol. The Morgan fingerprint density at radius 3 is 2.58 bits per heavy atom. The summed E-state index contributed by atoms with van der Waals surface area (Å²) in [5.74, 6) is 5.75. The number of hydrazine groups is 1. The van der Waals surface area contributed by atoms with Gasteiger partial charge in [-0.15, -0.1) is 12.6 Å². The number of anilines is 1. The maximum absolute atomic E-state index is 13.0. The second-order valence-electron chi connectivity index (χ2n) is 5.56. The molecule has 24 heavy (non-hydrogen) atoms. The number of thiol groups is 1. The Balaban J connectivity index is 1.93. The van der Waals surface area contributed by atoms with E-state index in [0.29, 0.717) is 20.6 Å². The van der Waals surface area contributed by atoms with Crippen molar-refractivity contribution >= 4 is 40.2 Å². The summed E-state index contributed by atoms with van der Waals surface area (Å²) in [6, 6.07) is 9.35. The molecule has 0 aromatic heterocycles. The molecule has 0 saturated heterocycles. The van der Waals surface area contributed by atoms with E-state index in [1.165, 1.54) is 5.01 Å². The lowest BCUT2D eigenvalue weighted by molar-refractivity contribution is -0.115. The predicted octanol–water partition coefficient (Wildman–Crippen LogP) is 3.18. The summed E-state index contributed by atoms with van der Waals surface area (Å²) in [4.78, 5) is 14.8. The van der Waals surface area contributed by atoms with Crippen molar-refractivity contribution in [1.29, 1.82) is 5.26 Å². The molecule has 1 amide bonds. The van der Waals surface area contributed by atoms with Crippen LogP contribution in [0.4, 0.5) is 5.69 Å². The molecule has 1 aliphatic carbocycles. The lowest BCUT2D eigenvalue weighted by atomic mass is 10.1. The van der Waals surface area contributed by atoms with Gasteiger partial charge in [0.05, 0.1) is 21.1 Å². The van der Waals surface area contributed by atoms with Gasteiger partial charge >= 0.3 is 0 Å². The topological polar surface area (TPSA) is 73.4 Å². The van der Waals surface area contributed by atoms with E-state index in [2.05, 4.69) is 34.6 Å². The second-order valence-corrected chi connectivity index (χ2v) is 7.42.